The van der Waals surface area contributed by atoms with Crippen molar-refractivity contribution in [3.8, 4) is 0 Å². The number of hydrogen-bond acceptors (Lipinski definition) is 3. The molecule has 1 amide bonds. The third kappa shape index (κ3) is 5.79. The average Bonchev–Trinajstić information content (AvgIpc) is 3.04. The van der Waals surface area contributed by atoms with Crippen molar-refractivity contribution in [2.45, 2.75) is 37.4 Å². The lowest BCUT2D eigenvalue weighted by atomic mass is 9.84. The van der Waals surface area contributed by atoms with Gasteiger partial charge in [0.1, 0.15) is 5.82 Å². The van der Waals surface area contributed by atoms with Crippen LogP contribution >= 0.6 is 0 Å². The predicted molar refractivity (Wildman–Crippen MR) is 99.0 cm³/mol. The van der Waals surface area contributed by atoms with Crippen molar-refractivity contribution in [1.29, 1.82) is 0 Å². The Morgan fingerprint density at radius 1 is 1.10 bits per heavy atom. The second-order valence-electron chi connectivity index (χ2n) is 7.16. The Bertz CT molecular complexity index is 726. The summed E-state index contributed by atoms with van der Waals surface area (Å²) in [6.45, 7) is 7.49. The molecule has 1 spiro atoms. The highest BCUT2D eigenvalue weighted by molar-refractivity contribution is 5.94. The number of amides is 1. The fourth-order valence-electron chi connectivity index (χ4n) is 3.90. The number of halogens is 4. The largest absolute Gasteiger partial charge is 0.490 e. The summed E-state index contributed by atoms with van der Waals surface area (Å²) < 4.78 is 44.7. The number of carboxylic acids is 1. The van der Waals surface area contributed by atoms with Gasteiger partial charge in [-0.3, -0.25) is 9.69 Å². The summed E-state index contributed by atoms with van der Waals surface area (Å²) in [6.07, 6.45) is 1.39. The Hall–Kier alpha value is -2.42. The second kappa shape index (κ2) is 9.39. The van der Waals surface area contributed by atoms with Crippen LogP contribution in [0.5, 0.6) is 0 Å². The number of carbonyl (C=O) groups excluding carboxylic acids is 1. The quantitative estimate of drug-likeness (QED) is 0.603. The Labute approximate surface area is 166 Å². The van der Waals surface area contributed by atoms with Gasteiger partial charge in [0.05, 0.1) is 0 Å². The van der Waals surface area contributed by atoms with Gasteiger partial charge in [0.2, 0.25) is 0 Å². The second-order valence-corrected chi connectivity index (χ2v) is 7.16. The summed E-state index contributed by atoms with van der Waals surface area (Å²) in [4.78, 5) is 25.8. The zero-order valence-electron chi connectivity index (χ0n) is 15.9. The monoisotopic (exact) mass is 416 g/mol. The van der Waals surface area contributed by atoms with E-state index in [1.807, 2.05) is 11.0 Å². The first-order valence-electron chi connectivity index (χ1n) is 9.30. The smallest absolute Gasteiger partial charge is 0.475 e. The molecule has 0 bridgehead atoms. The number of alkyl halides is 3. The van der Waals surface area contributed by atoms with Crippen LogP contribution in [0, 0.1) is 5.82 Å². The van der Waals surface area contributed by atoms with E-state index in [1.54, 1.807) is 12.1 Å². The maximum Gasteiger partial charge on any atom is 0.490 e. The topological polar surface area (TPSA) is 60.9 Å². The highest BCUT2D eigenvalue weighted by atomic mass is 19.4. The van der Waals surface area contributed by atoms with E-state index < -0.39 is 12.1 Å². The molecule has 1 N–H and O–H groups in total. The maximum absolute atomic E-state index is 13.0. The molecule has 2 heterocycles. The molecule has 2 saturated heterocycles. The van der Waals surface area contributed by atoms with E-state index in [1.165, 1.54) is 25.0 Å². The standard InChI is InChI=1S/C18H23FN2O.C2HF3O2/c1-2-11-21-12-3-8-18(21)9-13-20(14-10-18)17(22)15-4-6-16(19)7-5-15;3-2(4,5)1(6)7/h2,4-7H,1,3,8-14H2;(H,6,7). The number of hydrogen-bond donors (Lipinski definition) is 1. The van der Waals surface area contributed by atoms with Gasteiger partial charge in [0, 0.05) is 30.7 Å². The zero-order valence-corrected chi connectivity index (χ0v) is 15.9. The summed E-state index contributed by atoms with van der Waals surface area (Å²) >= 11 is 0. The van der Waals surface area contributed by atoms with Crippen LogP contribution in [0.15, 0.2) is 36.9 Å². The number of nitrogens with zero attached hydrogens (tertiary/aromatic N) is 2. The van der Waals surface area contributed by atoms with Gasteiger partial charge in [0.15, 0.2) is 0 Å². The van der Waals surface area contributed by atoms with Gasteiger partial charge in [-0.15, -0.1) is 6.58 Å². The molecule has 0 saturated carbocycles. The van der Waals surface area contributed by atoms with Gasteiger partial charge in [-0.25, -0.2) is 9.18 Å². The van der Waals surface area contributed by atoms with E-state index in [-0.39, 0.29) is 17.3 Å². The SMILES string of the molecule is C=CCN1CCCC12CCN(C(=O)c1ccc(F)cc1)CC2.O=C(O)C(F)(F)F. The van der Waals surface area contributed by atoms with Crippen LogP contribution in [0.2, 0.25) is 0 Å². The minimum atomic E-state index is -5.08. The van der Waals surface area contributed by atoms with E-state index >= 15 is 0 Å². The molecule has 29 heavy (non-hydrogen) atoms. The number of piperidine rings is 1. The Morgan fingerprint density at radius 3 is 2.14 bits per heavy atom. The molecular formula is C20H24F4N2O3. The molecule has 3 rings (SSSR count). The molecule has 0 atom stereocenters. The minimum absolute atomic E-state index is 0.0168. The van der Waals surface area contributed by atoms with Crippen molar-refractivity contribution in [3.05, 3.63) is 48.3 Å². The summed E-state index contributed by atoms with van der Waals surface area (Å²) in [5, 5.41) is 7.12. The van der Waals surface area contributed by atoms with E-state index in [4.69, 9.17) is 9.90 Å². The van der Waals surface area contributed by atoms with Crippen LogP contribution < -0.4 is 0 Å². The normalized spacial score (nSPS) is 18.8. The first-order valence-corrected chi connectivity index (χ1v) is 9.30. The first-order chi connectivity index (χ1) is 13.6. The van der Waals surface area contributed by atoms with Crippen molar-refractivity contribution in [3.63, 3.8) is 0 Å². The molecule has 2 aliphatic heterocycles. The van der Waals surface area contributed by atoms with Gasteiger partial charge in [-0.2, -0.15) is 13.2 Å². The van der Waals surface area contributed by atoms with Crippen molar-refractivity contribution in [1.82, 2.24) is 9.80 Å². The van der Waals surface area contributed by atoms with Gasteiger partial charge in [0.25, 0.3) is 5.91 Å². The van der Waals surface area contributed by atoms with Crippen molar-refractivity contribution in [2.75, 3.05) is 26.2 Å². The lowest BCUT2D eigenvalue weighted by Crippen LogP contribution is -2.53. The molecule has 5 nitrogen and oxygen atoms in total. The van der Waals surface area contributed by atoms with Crippen LogP contribution in [0.3, 0.4) is 0 Å². The first kappa shape index (κ1) is 22.9. The lowest BCUT2D eigenvalue weighted by Gasteiger charge is -2.45. The molecule has 0 radical (unpaired) electrons. The van der Waals surface area contributed by atoms with Crippen molar-refractivity contribution in [2.24, 2.45) is 0 Å². The molecule has 0 aromatic heterocycles. The molecule has 1 aromatic rings. The van der Waals surface area contributed by atoms with Crippen LogP contribution in [0.25, 0.3) is 0 Å². The summed E-state index contributed by atoms with van der Waals surface area (Å²) in [5.41, 5.74) is 0.833. The Kier molecular flexibility index (Phi) is 7.40. The number of benzene rings is 1. The third-order valence-electron chi connectivity index (χ3n) is 5.41. The predicted octanol–water partition coefficient (Wildman–Crippen LogP) is 3.72. The van der Waals surface area contributed by atoms with Gasteiger partial charge in [-0.05, 0) is 56.5 Å². The van der Waals surface area contributed by atoms with Crippen LogP contribution in [0.1, 0.15) is 36.0 Å². The molecule has 9 heteroatoms. The molecule has 0 aliphatic carbocycles. The number of carboxylic acid groups (broad SMARTS) is 1. The van der Waals surface area contributed by atoms with E-state index in [2.05, 4.69) is 11.5 Å². The molecular weight excluding hydrogens is 392 g/mol. The molecule has 0 unspecified atom stereocenters. The zero-order chi connectivity index (χ0) is 21.7. The fraction of sp³-hybridized carbons (Fsp3) is 0.500. The van der Waals surface area contributed by atoms with E-state index in [0.29, 0.717) is 5.56 Å². The highest BCUT2D eigenvalue weighted by Gasteiger charge is 2.43. The van der Waals surface area contributed by atoms with Crippen LogP contribution in [-0.4, -0.2) is 64.7 Å². The summed E-state index contributed by atoms with van der Waals surface area (Å²) in [6, 6.07) is 5.84. The molecule has 1 aromatic carbocycles. The molecule has 2 fully saturated rings. The van der Waals surface area contributed by atoms with Gasteiger partial charge >= 0.3 is 12.1 Å². The fourth-order valence-corrected chi connectivity index (χ4v) is 3.90. The molecule has 160 valence electrons. The van der Waals surface area contributed by atoms with Crippen molar-refractivity contribution < 1.29 is 32.3 Å². The number of carbonyl (C=O) groups is 2. The summed E-state index contributed by atoms with van der Waals surface area (Å²) in [7, 11) is 0. The maximum atomic E-state index is 13.0. The van der Waals surface area contributed by atoms with Crippen LogP contribution in [0.4, 0.5) is 17.6 Å². The highest BCUT2D eigenvalue weighted by Crippen LogP contribution is 2.38. The summed E-state index contributed by atoms with van der Waals surface area (Å²) in [5.74, 6) is -3.05. The lowest BCUT2D eigenvalue weighted by molar-refractivity contribution is -0.192. The van der Waals surface area contributed by atoms with Crippen molar-refractivity contribution >= 4 is 11.9 Å². The third-order valence-corrected chi connectivity index (χ3v) is 5.41. The number of aliphatic carboxylic acids is 1. The number of rotatable bonds is 3. The van der Waals surface area contributed by atoms with Gasteiger partial charge in [-0.1, -0.05) is 6.08 Å². The Morgan fingerprint density at radius 2 is 1.66 bits per heavy atom. The average molecular weight is 416 g/mol. The van der Waals surface area contributed by atoms with Gasteiger partial charge < -0.3 is 10.0 Å². The van der Waals surface area contributed by atoms with E-state index in [9.17, 15) is 22.4 Å². The van der Waals surface area contributed by atoms with Crippen LogP contribution in [-0.2, 0) is 4.79 Å². The Balaban J connectivity index is 0.000000370. The minimum Gasteiger partial charge on any atom is -0.475 e. The van der Waals surface area contributed by atoms with E-state index in [0.717, 1.165) is 39.0 Å². The molecule has 2 aliphatic rings. The number of likely N-dealkylation sites (tertiary alicyclic amines) is 2.